The first kappa shape index (κ1) is 7.05. The van der Waals surface area contributed by atoms with Crippen molar-refractivity contribution in [3.8, 4) is 0 Å². The zero-order valence-electron chi connectivity index (χ0n) is 4.51. The Morgan fingerprint density at radius 1 is 0.800 bits per heavy atom. The summed E-state index contributed by atoms with van der Waals surface area (Å²) in [7, 11) is 0. The third kappa shape index (κ3) is 1.10. The smallest absolute Gasteiger partial charge is 0.195 e. The predicted molar refractivity (Wildman–Crippen MR) is 23.9 cm³/mol. The average molecular weight is 148 g/mol. The van der Waals surface area contributed by atoms with Gasteiger partial charge in [0.15, 0.2) is 17.5 Å². The summed E-state index contributed by atoms with van der Waals surface area (Å²) in [6.07, 6.45) is 0. The molecule has 52 valence electrons. The van der Waals surface area contributed by atoms with Gasteiger partial charge in [0.2, 0.25) is 0 Å². The largest absolute Gasteiger partial charge is 0.205 e. The van der Waals surface area contributed by atoms with Gasteiger partial charge in [0.1, 0.15) is 5.82 Å². The molecule has 0 saturated carbocycles. The highest BCUT2D eigenvalue weighted by atomic mass is 19.2. The van der Waals surface area contributed by atoms with Gasteiger partial charge in [0.25, 0.3) is 0 Å². The van der Waals surface area contributed by atoms with E-state index in [1.807, 2.05) is 0 Å². The highest BCUT2D eigenvalue weighted by Crippen LogP contribution is 2.10. The Labute approximate surface area is 54.1 Å². The fraction of sp³-hybridized carbons (Fsp3) is 0. The van der Waals surface area contributed by atoms with Crippen LogP contribution in [-0.2, 0) is 0 Å². The quantitative estimate of drug-likeness (QED) is 0.299. The van der Waals surface area contributed by atoms with Crippen LogP contribution in [0.1, 0.15) is 0 Å². The Bertz CT molecular complexity index is 233. The maximum atomic E-state index is 11.9. The highest BCUT2D eigenvalue weighted by molar-refractivity contribution is 5.07. The molecule has 0 fully saturated rings. The maximum Gasteiger partial charge on any atom is 0.195 e. The topological polar surface area (TPSA) is 0 Å². The summed E-state index contributed by atoms with van der Waals surface area (Å²) in [6.45, 7) is 0. The molecular formula is C6F4. The van der Waals surface area contributed by atoms with Crippen LogP contribution >= 0.6 is 0 Å². The monoisotopic (exact) mass is 148 g/mol. The minimum atomic E-state index is -1.76. The lowest BCUT2D eigenvalue weighted by molar-refractivity contribution is 0.431. The Kier molecular flexibility index (Phi) is 1.61. The number of halogens is 4. The second-order valence-electron chi connectivity index (χ2n) is 1.51. The van der Waals surface area contributed by atoms with Crippen molar-refractivity contribution in [1.82, 2.24) is 0 Å². The SMILES string of the molecule is Fc1[c]c(F)c(F)c(F)[c]1. The molecule has 1 rings (SSSR count). The van der Waals surface area contributed by atoms with E-state index in [-0.39, 0.29) is 0 Å². The van der Waals surface area contributed by atoms with E-state index < -0.39 is 23.3 Å². The van der Waals surface area contributed by atoms with E-state index in [0.717, 1.165) is 0 Å². The molecule has 0 bridgehead atoms. The van der Waals surface area contributed by atoms with E-state index in [0.29, 0.717) is 0 Å². The predicted octanol–water partition coefficient (Wildman–Crippen LogP) is 1.84. The van der Waals surface area contributed by atoms with Gasteiger partial charge in [0.05, 0.1) is 12.1 Å². The van der Waals surface area contributed by atoms with Crippen molar-refractivity contribution in [2.24, 2.45) is 0 Å². The van der Waals surface area contributed by atoms with Crippen LogP contribution in [0.5, 0.6) is 0 Å². The van der Waals surface area contributed by atoms with Crippen LogP contribution < -0.4 is 0 Å². The van der Waals surface area contributed by atoms with Crippen molar-refractivity contribution in [3.05, 3.63) is 35.4 Å². The summed E-state index contributed by atoms with van der Waals surface area (Å²) in [5.74, 6) is -6.49. The summed E-state index contributed by atoms with van der Waals surface area (Å²) in [6, 6.07) is 2.55. The van der Waals surface area contributed by atoms with Crippen LogP contribution in [0.4, 0.5) is 17.6 Å². The number of benzene rings is 1. The number of hydrogen-bond acceptors (Lipinski definition) is 0. The van der Waals surface area contributed by atoms with Crippen LogP contribution in [0, 0.1) is 35.4 Å². The van der Waals surface area contributed by atoms with E-state index in [1.54, 1.807) is 0 Å². The fourth-order valence-electron chi connectivity index (χ4n) is 0.430. The molecule has 0 aromatic heterocycles. The summed E-state index contributed by atoms with van der Waals surface area (Å²) >= 11 is 0. The second kappa shape index (κ2) is 2.28. The third-order valence-electron chi connectivity index (χ3n) is 0.824. The van der Waals surface area contributed by atoms with Gasteiger partial charge in [-0.05, 0) is 0 Å². The van der Waals surface area contributed by atoms with Gasteiger partial charge in [-0.15, -0.1) is 0 Å². The Hall–Kier alpha value is -1.06. The molecule has 10 heavy (non-hydrogen) atoms. The minimum Gasteiger partial charge on any atom is -0.205 e. The molecular weight excluding hydrogens is 148 g/mol. The maximum absolute atomic E-state index is 11.9. The molecule has 0 aliphatic rings. The van der Waals surface area contributed by atoms with Crippen LogP contribution in [0.15, 0.2) is 0 Å². The van der Waals surface area contributed by atoms with Gasteiger partial charge in [-0.1, -0.05) is 0 Å². The van der Waals surface area contributed by atoms with E-state index in [9.17, 15) is 17.6 Å². The zero-order chi connectivity index (χ0) is 7.72. The van der Waals surface area contributed by atoms with Crippen molar-refractivity contribution in [2.45, 2.75) is 0 Å². The molecule has 0 atom stereocenters. The first-order chi connectivity index (χ1) is 4.61. The molecule has 0 heterocycles. The van der Waals surface area contributed by atoms with Gasteiger partial charge < -0.3 is 0 Å². The molecule has 0 N–H and O–H groups in total. The molecule has 1 aromatic rings. The summed E-state index contributed by atoms with van der Waals surface area (Å²) < 4.78 is 47.6. The molecule has 4 heteroatoms. The van der Waals surface area contributed by atoms with E-state index >= 15 is 0 Å². The van der Waals surface area contributed by atoms with Crippen molar-refractivity contribution in [1.29, 1.82) is 0 Å². The molecule has 0 aliphatic carbocycles. The first-order valence-electron chi connectivity index (χ1n) is 2.26. The minimum absolute atomic E-state index is 1.28. The Balaban J connectivity index is 3.31. The second-order valence-corrected chi connectivity index (χ2v) is 1.51. The standard InChI is InChI=1S/C6F4/c7-3-1-4(8)6(10)5(9)2-3. The summed E-state index contributed by atoms with van der Waals surface area (Å²) in [5.41, 5.74) is 0. The van der Waals surface area contributed by atoms with Gasteiger partial charge in [0, 0.05) is 0 Å². The lowest BCUT2D eigenvalue weighted by atomic mass is 10.3. The van der Waals surface area contributed by atoms with Crippen LogP contribution in [0.3, 0.4) is 0 Å². The Morgan fingerprint density at radius 2 is 1.20 bits per heavy atom. The van der Waals surface area contributed by atoms with Crippen molar-refractivity contribution in [2.75, 3.05) is 0 Å². The van der Waals surface area contributed by atoms with Crippen LogP contribution in [0.2, 0.25) is 0 Å². The molecule has 0 nitrogen and oxygen atoms in total. The molecule has 0 spiro atoms. The van der Waals surface area contributed by atoms with Crippen LogP contribution in [0.25, 0.3) is 0 Å². The number of hydrogen-bond donors (Lipinski definition) is 0. The van der Waals surface area contributed by atoms with Gasteiger partial charge in [-0.3, -0.25) is 0 Å². The normalized spacial score (nSPS) is 10.0. The van der Waals surface area contributed by atoms with E-state index in [4.69, 9.17) is 0 Å². The highest BCUT2D eigenvalue weighted by Gasteiger charge is 2.10. The summed E-state index contributed by atoms with van der Waals surface area (Å²) in [5, 5.41) is 0. The fourth-order valence-corrected chi connectivity index (χ4v) is 0.430. The molecule has 0 unspecified atom stereocenters. The first-order valence-corrected chi connectivity index (χ1v) is 2.26. The van der Waals surface area contributed by atoms with E-state index in [1.165, 1.54) is 12.1 Å². The lowest BCUT2D eigenvalue weighted by Crippen LogP contribution is -1.92. The van der Waals surface area contributed by atoms with Gasteiger partial charge >= 0.3 is 0 Å². The van der Waals surface area contributed by atoms with Crippen molar-refractivity contribution >= 4 is 0 Å². The molecule has 0 amide bonds. The summed E-state index contributed by atoms with van der Waals surface area (Å²) in [4.78, 5) is 0. The Morgan fingerprint density at radius 3 is 1.60 bits per heavy atom. The average Bonchev–Trinajstić information content (AvgIpc) is 1.82. The van der Waals surface area contributed by atoms with Crippen molar-refractivity contribution < 1.29 is 17.6 Å². The molecule has 2 radical (unpaired) electrons. The van der Waals surface area contributed by atoms with Crippen LogP contribution in [-0.4, -0.2) is 0 Å². The van der Waals surface area contributed by atoms with E-state index in [2.05, 4.69) is 0 Å². The zero-order valence-corrected chi connectivity index (χ0v) is 4.51. The lowest BCUT2D eigenvalue weighted by Gasteiger charge is -1.91. The third-order valence-corrected chi connectivity index (χ3v) is 0.824. The van der Waals surface area contributed by atoms with Gasteiger partial charge in [-0.2, -0.15) is 0 Å². The molecule has 1 aromatic carbocycles. The van der Waals surface area contributed by atoms with Gasteiger partial charge in [-0.25, -0.2) is 17.6 Å². The number of rotatable bonds is 0. The van der Waals surface area contributed by atoms with Crippen molar-refractivity contribution in [3.63, 3.8) is 0 Å². The molecule has 0 aliphatic heterocycles. The molecule has 0 saturated heterocycles.